The first-order chi connectivity index (χ1) is 19.0. The normalized spacial score (nSPS) is 17.4. The first kappa shape index (κ1) is 28.9. The summed E-state index contributed by atoms with van der Waals surface area (Å²) in [6, 6.07) is 12.2. The van der Waals surface area contributed by atoms with E-state index in [4.69, 9.17) is 4.74 Å². The highest BCUT2D eigenvalue weighted by atomic mass is 19.4. The number of nitro benzene ring substituents is 1. The van der Waals surface area contributed by atoms with Gasteiger partial charge in [0.15, 0.2) is 0 Å². The van der Waals surface area contributed by atoms with Crippen molar-refractivity contribution in [2.75, 3.05) is 18.5 Å². The predicted molar refractivity (Wildman–Crippen MR) is 139 cm³/mol. The van der Waals surface area contributed by atoms with Gasteiger partial charge in [-0.05, 0) is 66.3 Å². The van der Waals surface area contributed by atoms with E-state index in [1.54, 1.807) is 24.3 Å². The molecule has 1 saturated carbocycles. The van der Waals surface area contributed by atoms with Crippen molar-refractivity contribution < 1.29 is 36.8 Å². The first-order valence-electron chi connectivity index (χ1n) is 12.7. The highest BCUT2D eigenvalue weighted by Crippen LogP contribution is 2.38. The summed E-state index contributed by atoms with van der Waals surface area (Å²) in [6.45, 7) is 0.337. The van der Waals surface area contributed by atoms with Crippen molar-refractivity contribution in [3.8, 4) is 0 Å². The fourth-order valence-corrected chi connectivity index (χ4v) is 4.75. The van der Waals surface area contributed by atoms with Crippen LogP contribution in [0.5, 0.6) is 0 Å². The fraction of sp³-hybridized carbons (Fsp3) is 0.357. The molecular weight excluding hydrogens is 534 g/mol. The number of nitrogens with one attached hydrogen (secondary N) is 2. The second kappa shape index (κ2) is 12.4. The minimum atomic E-state index is -4.84. The second-order valence-corrected chi connectivity index (χ2v) is 9.66. The van der Waals surface area contributed by atoms with Crippen LogP contribution in [0.3, 0.4) is 0 Å². The molecule has 1 amide bonds. The topological polar surface area (TPSA) is 111 Å². The number of hydrogen-bond acceptors (Lipinski definition) is 6. The zero-order valence-corrected chi connectivity index (χ0v) is 21.3. The minimum Gasteiger partial charge on any atom is -0.382 e. The maximum atomic E-state index is 13.3. The van der Waals surface area contributed by atoms with E-state index in [9.17, 15) is 37.3 Å². The average molecular weight is 562 g/mol. The van der Waals surface area contributed by atoms with Crippen molar-refractivity contribution in [3.05, 3.63) is 81.7 Å². The SMILES string of the molecule is O=C(Cc1ccc2cc(F)ccc2c1)C(=O)NCCOC1CCC(Nc2ccc([N+](=O)[O-])c(C(F)(F)F)c2)CC1. The van der Waals surface area contributed by atoms with Crippen LogP contribution in [0.25, 0.3) is 10.8 Å². The predicted octanol–water partition coefficient (Wildman–Crippen LogP) is 5.57. The summed E-state index contributed by atoms with van der Waals surface area (Å²) < 4.78 is 58.8. The summed E-state index contributed by atoms with van der Waals surface area (Å²) >= 11 is 0. The lowest BCUT2D eigenvalue weighted by Gasteiger charge is -2.30. The number of fused-ring (bicyclic) bond motifs is 1. The Morgan fingerprint density at radius 2 is 1.68 bits per heavy atom. The van der Waals surface area contributed by atoms with E-state index < -0.39 is 34.0 Å². The van der Waals surface area contributed by atoms with Crippen LogP contribution in [-0.4, -0.2) is 41.9 Å². The molecule has 2 N–H and O–H groups in total. The lowest BCUT2D eigenvalue weighted by Crippen LogP contribution is -2.36. The molecule has 0 unspecified atom stereocenters. The third kappa shape index (κ3) is 7.53. The van der Waals surface area contributed by atoms with Crippen LogP contribution < -0.4 is 10.6 Å². The zero-order chi connectivity index (χ0) is 28.9. The molecular formula is C28H27F4N3O5. The zero-order valence-electron chi connectivity index (χ0n) is 21.3. The molecule has 12 heteroatoms. The molecule has 0 radical (unpaired) electrons. The van der Waals surface area contributed by atoms with Crippen LogP contribution in [0.2, 0.25) is 0 Å². The number of carbonyl (C=O) groups excluding carboxylic acids is 2. The molecule has 0 aliphatic heterocycles. The molecule has 1 fully saturated rings. The van der Waals surface area contributed by atoms with Crippen LogP contribution in [0, 0.1) is 15.9 Å². The van der Waals surface area contributed by atoms with Gasteiger partial charge in [0.05, 0.1) is 17.6 Å². The van der Waals surface area contributed by atoms with Crippen molar-refractivity contribution in [2.45, 2.75) is 50.4 Å². The van der Waals surface area contributed by atoms with Crippen molar-refractivity contribution in [2.24, 2.45) is 0 Å². The number of rotatable bonds is 10. The van der Waals surface area contributed by atoms with Gasteiger partial charge in [0.25, 0.3) is 11.6 Å². The monoisotopic (exact) mass is 561 g/mol. The van der Waals surface area contributed by atoms with Gasteiger partial charge in [-0.3, -0.25) is 19.7 Å². The number of ketones is 1. The number of Topliss-reactive ketones (excluding diaryl/α,β-unsaturated/α-hetero) is 1. The third-order valence-corrected chi connectivity index (χ3v) is 6.77. The standard InChI is InChI=1S/C28H27F4N3O5/c29-20-4-3-18-13-17(1-2-19(18)15-20)14-26(36)27(37)33-11-12-40-23-8-5-21(6-9-23)34-22-7-10-25(35(38)39)24(16-22)28(30,31)32/h1-4,7,10,13,15-16,21,23,34H,5-6,8-9,11-12,14H2,(H,33,37). The lowest BCUT2D eigenvalue weighted by atomic mass is 9.92. The van der Waals surface area contributed by atoms with Gasteiger partial charge in [0.2, 0.25) is 5.78 Å². The van der Waals surface area contributed by atoms with Gasteiger partial charge in [0.1, 0.15) is 11.4 Å². The van der Waals surface area contributed by atoms with Gasteiger partial charge in [-0.1, -0.05) is 24.3 Å². The summed E-state index contributed by atoms with van der Waals surface area (Å²) in [4.78, 5) is 34.4. The quantitative estimate of drug-likeness (QED) is 0.110. The highest BCUT2D eigenvalue weighted by molar-refractivity contribution is 6.36. The Morgan fingerprint density at radius 1 is 0.975 bits per heavy atom. The Labute approximate surface area is 226 Å². The number of hydrogen-bond donors (Lipinski definition) is 2. The molecule has 0 spiro atoms. The van der Waals surface area contributed by atoms with Crippen LogP contribution in [0.4, 0.5) is 28.9 Å². The maximum Gasteiger partial charge on any atom is 0.423 e. The van der Waals surface area contributed by atoms with Crippen LogP contribution in [0.15, 0.2) is 54.6 Å². The number of carbonyl (C=O) groups is 2. The van der Waals surface area contributed by atoms with E-state index >= 15 is 0 Å². The summed E-state index contributed by atoms with van der Waals surface area (Å²) in [5, 5.41) is 18.0. The maximum absolute atomic E-state index is 13.3. The van der Waals surface area contributed by atoms with Crippen molar-refractivity contribution in [1.29, 1.82) is 0 Å². The van der Waals surface area contributed by atoms with Gasteiger partial charge >= 0.3 is 6.18 Å². The molecule has 3 aromatic carbocycles. The largest absolute Gasteiger partial charge is 0.423 e. The average Bonchev–Trinajstić information content (AvgIpc) is 2.91. The number of anilines is 1. The molecule has 0 bridgehead atoms. The first-order valence-corrected chi connectivity index (χ1v) is 12.7. The summed E-state index contributed by atoms with van der Waals surface area (Å²) in [6.07, 6.45) is -2.53. The summed E-state index contributed by atoms with van der Waals surface area (Å²) in [5.74, 6) is -1.68. The molecule has 40 heavy (non-hydrogen) atoms. The Hall–Kier alpha value is -4.06. The molecule has 0 aromatic heterocycles. The third-order valence-electron chi connectivity index (χ3n) is 6.77. The van der Waals surface area contributed by atoms with Crippen molar-refractivity contribution >= 4 is 33.8 Å². The van der Waals surface area contributed by atoms with Gasteiger partial charge < -0.3 is 15.4 Å². The van der Waals surface area contributed by atoms with E-state index in [0.29, 0.717) is 36.6 Å². The molecule has 0 atom stereocenters. The molecule has 1 aliphatic carbocycles. The fourth-order valence-electron chi connectivity index (χ4n) is 4.75. The molecule has 0 heterocycles. The van der Waals surface area contributed by atoms with E-state index in [1.165, 1.54) is 18.2 Å². The van der Waals surface area contributed by atoms with Gasteiger partial charge in [-0.2, -0.15) is 13.2 Å². The number of nitro groups is 1. The molecule has 3 aromatic rings. The number of halogens is 4. The number of amides is 1. The molecule has 8 nitrogen and oxygen atoms in total. The van der Waals surface area contributed by atoms with Crippen LogP contribution in [0.1, 0.15) is 36.8 Å². The number of benzene rings is 3. The van der Waals surface area contributed by atoms with E-state index in [2.05, 4.69) is 10.6 Å². The number of nitrogens with zero attached hydrogens (tertiary/aromatic N) is 1. The Morgan fingerprint density at radius 3 is 2.38 bits per heavy atom. The van der Waals surface area contributed by atoms with Gasteiger partial charge in [-0.15, -0.1) is 0 Å². The summed E-state index contributed by atoms with van der Waals surface area (Å²) in [5.41, 5.74) is -1.49. The Balaban J connectivity index is 1.17. The van der Waals surface area contributed by atoms with Gasteiger partial charge in [0, 0.05) is 30.8 Å². The summed E-state index contributed by atoms with van der Waals surface area (Å²) in [7, 11) is 0. The van der Waals surface area contributed by atoms with Crippen LogP contribution in [-0.2, 0) is 26.9 Å². The van der Waals surface area contributed by atoms with Crippen molar-refractivity contribution in [3.63, 3.8) is 0 Å². The van der Waals surface area contributed by atoms with E-state index in [0.717, 1.165) is 17.5 Å². The Bertz CT molecular complexity index is 1400. The minimum absolute atomic E-state index is 0.0871. The molecule has 212 valence electrons. The van der Waals surface area contributed by atoms with Crippen LogP contribution >= 0.6 is 0 Å². The molecule has 1 aliphatic rings. The smallest absolute Gasteiger partial charge is 0.382 e. The number of ether oxygens (including phenoxy) is 1. The Kier molecular flexibility index (Phi) is 8.98. The van der Waals surface area contributed by atoms with E-state index in [-0.39, 0.29) is 43.2 Å². The number of alkyl halides is 3. The molecule has 0 saturated heterocycles. The molecule has 4 rings (SSSR count). The highest BCUT2D eigenvalue weighted by Gasteiger charge is 2.38. The van der Waals surface area contributed by atoms with Gasteiger partial charge in [-0.25, -0.2) is 4.39 Å². The lowest BCUT2D eigenvalue weighted by molar-refractivity contribution is -0.388. The van der Waals surface area contributed by atoms with Crippen molar-refractivity contribution in [1.82, 2.24) is 5.32 Å². The van der Waals surface area contributed by atoms with E-state index in [1.807, 2.05) is 0 Å². The second-order valence-electron chi connectivity index (χ2n) is 9.66.